The lowest BCUT2D eigenvalue weighted by Gasteiger charge is -2.26. The molecule has 6 nitrogen and oxygen atoms in total. The molecule has 40 heavy (non-hydrogen) atoms. The monoisotopic (exact) mass is 535 g/mol. The van der Waals surface area contributed by atoms with Gasteiger partial charge in [-0.3, -0.25) is 4.79 Å². The van der Waals surface area contributed by atoms with Gasteiger partial charge in [0.1, 0.15) is 16.9 Å². The fraction of sp³-hybridized carbons (Fsp3) is 0.294. The van der Waals surface area contributed by atoms with Gasteiger partial charge in [0.2, 0.25) is 5.78 Å². The molecule has 0 spiro atoms. The summed E-state index contributed by atoms with van der Waals surface area (Å²) >= 11 is 0. The van der Waals surface area contributed by atoms with Crippen LogP contribution in [0, 0.1) is 6.92 Å². The summed E-state index contributed by atoms with van der Waals surface area (Å²) in [6, 6.07) is 22.0. The van der Waals surface area contributed by atoms with Crippen LogP contribution in [-0.2, 0) is 0 Å². The lowest BCUT2D eigenvalue weighted by Crippen LogP contribution is -2.30. The van der Waals surface area contributed by atoms with E-state index in [1.54, 1.807) is 12.1 Å². The molecule has 6 heteroatoms. The van der Waals surface area contributed by atoms with Crippen molar-refractivity contribution in [2.45, 2.75) is 39.0 Å². The average Bonchev–Trinajstić information content (AvgIpc) is 3.38. The van der Waals surface area contributed by atoms with Crippen molar-refractivity contribution in [3.8, 4) is 16.9 Å². The molecule has 0 amide bonds. The van der Waals surface area contributed by atoms with Crippen molar-refractivity contribution in [1.29, 1.82) is 0 Å². The summed E-state index contributed by atoms with van der Waals surface area (Å²) in [7, 11) is 0. The van der Waals surface area contributed by atoms with Gasteiger partial charge in [-0.2, -0.15) is 0 Å². The van der Waals surface area contributed by atoms with Gasteiger partial charge in [0, 0.05) is 22.6 Å². The van der Waals surface area contributed by atoms with E-state index in [4.69, 9.17) is 13.6 Å². The number of furan rings is 1. The third-order valence-electron chi connectivity index (χ3n) is 7.72. The number of ether oxygens (including phenoxy) is 1. The molecule has 0 radical (unpaired) electrons. The fourth-order valence-electron chi connectivity index (χ4n) is 5.67. The van der Waals surface area contributed by atoms with Crippen LogP contribution in [0.15, 0.2) is 86.4 Å². The van der Waals surface area contributed by atoms with Gasteiger partial charge >= 0.3 is 5.63 Å². The Morgan fingerprint density at radius 3 is 2.55 bits per heavy atom. The predicted molar refractivity (Wildman–Crippen MR) is 157 cm³/mol. The van der Waals surface area contributed by atoms with E-state index in [1.807, 2.05) is 61.5 Å². The molecular weight excluding hydrogens is 502 g/mol. The van der Waals surface area contributed by atoms with Crippen LogP contribution in [0.1, 0.15) is 53.8 Å². The Balaban J connectivity index is 1.30. The molecule has 2 aromatic heterocycles. The van der Waals surface area contributed by atoms with Crippen molar-refractivity contribution in [2.24, 2.45) is 0 Å². The Labute approximate surface area is 233 Å². The number of unbranched alkanes of at least 4 members (excludes halogenated alkanes) is 1. The van der Waals surface area contributed by atoms with Crippen molar-refractivity contribution >= 4 is 27.7 Å². The van der Waals surface area contributed by atoms with E-state index in [1.165, 1.54) is 38.4 Å². The molecular formula is C34H33NO5. The molecule has 0 N–H and O–H groups in total. The van der Waals surface area contributed by atoms with E-state index in [2.05, 4.69) is 4.90 Å². The summed E-state index contributed by atoms with van der Waals surface area (Å²) in [6.45, 7) is 6.01. The maximum atomic E-state index is 13.9. The molecule has 0 atom stereocenters. The molecule has 204 valence electrons. The highest BCUT2D eigenvalue weighted by Crippen LogP contribution is 2.40. The Morgan fingerprint density at radius 2 is 1.73 bits per heavy atom. The number of hydrogen-bond acceptors (Lipinski definition) is 6. The van der Waals surface area contributed by atoms with Crippen LogP contribution in [0.5, 0.6) is 5.75 Å². The third kappa shape index (κ3) is 5.32. The molecule has 3 aromatic carbocycles. The number of fused-ring (bicyclic) bond motifs is 3. The number of aryl methyl sites for hydroxylation is 1. The zero-order chi connectivity index (χ0) is 27.5. The first-order valence-electron chi connectivity index (χ1n) is 14.1. The second-order valence-corrected chi connectivity index (χ2v) is 10.6. The molecule has 0 aliphatic carbocycles. The molecule has 0 saturated carbocycles. The summed E-state index contributed by atoms with van der Waals surface area (Å²) < 4.78 is 17.9. The Bertz CT molecular complexity index is 1710. The summed E-state index contributed by atoms with van der Waals surface area (Å²) in [5, 5.41) is 1.42. The van der Waals surface area contributed by atoms with E-state index < -0.39 is 5.63 Å². The predicted octanol–water partition coefficient (Wildman–Crippen LogP) is 7.39. The molecule has 6 rings (SSSR count). The summed E-state index contributed by atoms with van der Waals surface area (Å²) in [5.74, 6) is 0.610. The molecule has 0 unspecified atom stereocenters. The molecule has 1 fully saturated rings. The van der Waals surface area contributed by atoms with Crippen molar-refractivity contribution in [2.75, 3.05) is 26.2 Å². The number of piperidine rings is 1. The molecule has 1 saturated heterocycles. The van der Waals surface area contributed by atoms with Gasteiger partial charge in [0.25, 0.3) is 0 Å². The average molecular weight is 536 g/mol. The van der Waals surface area contributed by atoms with Crippen LogP contribution in [0.2, 0.25) is 0 Å². The molecule has 0 bridgehead atoms. The lowest BCUT2D eigenvalue weighted by atomic mass is 9.96. The number of carbonyl (C=O) groups is 1. The highest BCUT2D eigenvalue weighted by molar-refractivity contribution is 6.20. The van der Waals surface area contributed by atoms with E-state index in [0.717, 1.165) is 35.9 Å². The second kappa shape index (κ2) is 11.5. The van der Waals surface area contributed by atoms with Crippen molar-refractivity contribution in [3.05, 3.63) is 100 Å². The van der Waals surface area contributed by atoms with E-state index >= 15 is 0 Å². The van der Waals surface area contributed by atoms with Crippen LogP contribution >= 0.6 is 0 Å². The van der Waals surface area contributed by atoms with Crippen LogP contribution in [0.4, 0.5) is 0 Å². The first kappa shape index (κ1) is 26.1. The summed E-state index contributed by atoms with van der Waals surface area (Å²) in [5.41, 5.74) is 3.18. The lowest BCUT2D eigenvalue weighted by molar-refractivity contribution is 0.101. The minimum Gasteiger partial charge on any atom is -0.494 e. The molecule has 3 heterocycles. The van der Waals surface area contributed by atoms with Crippen LogP contribution in [-0.4, -0.2) is 36.9 Å². The zero-order valence-electron chi connectivity index (χ0n) is 22.8. The van der Waals surface area contributed by atoms with Crippen LogP contribution in [0.25, 0.3) is 33.1 Å². The zero-order valence-corrected chi connectivity index (χ0v) is 22.8. The molecule has 1 aliphatic heterocycles. The van der Waals surface area contributed by atoms with E-state index in [9.17, 15) is 9.59 Å². The van der Waals surface area contributed by atoms with Crippen LogP contribution in [0.3, 0.4) is 0 Å². The normalized spacial score (nSPS) is 14.1. The minimum atomic E-state index is -0.439. The molecule has 1 aliphatic rings. The first-order chi connectivity index (χ1) is 19.6. The maximum absolute atomic E-state index is 13.9. The second-order valence-electron chi connectivity index (χ2n) is 10.6. The van der Waals surface area contributed by atoms with Crippen LogP contribution < -0.4 is 10.4 Å². The fourth-order valence-corrected chi connectivity index (χ4v) is 5.67. The number of likely N-dealkylation sites (tertiary alicyclic amines) is 1. The Hall–Kier alpha value is -4.16. The van der Waals surface area contributed by atoms with Gasteiger partial charge in [0.05, 0.1) is 12.0 Å². The maximum Gasteiger partial charge on any atom is 0.336 e. The first-order valence-corrected chi connectivity index (χ1v) is 14.1. The smallest absolute Gasteiger partial charge is 0.336 e. The van der Waals surface area contributed by atoms with Gasteiger partial charge in [0.15, 0.2) is 5.76 Å². The number of rotatable bonds is 9. The van der Waals surface area contributed by atoms with Crippen molar-refractivity contribution < 1.29 is 18.4 Å². The van der Waals surface area contributed by atoms with E-state index in [-0.39, 0.29) is 11.5 Å². The highest BCUT2D eigenvalue weighted by Gasteiger charge is 2.26. The summed E-state index contributed by atoms with van der Waals surface area (Å²) in [4.78, 5) is 28.8. The third-order valence-corrected chi connectivity index (χ3v) is 7.72. The topological polar surface area (TPSA) is 72.9 Å². The molecule has 5 aromatic rings. The minimum absolute atomic E-state index is 0.205. The van der Waals surface area contributed by atoms with Gasteiger partial charge in [-0.15, -0.1) is 0 Å². The largest absolute Gasteiger partial charge is 0.494 e. The number of benzene rings is 3. The number of ketones is 1. The van der Waals surface area contributed by atoms with Crippen molar-refractivity contribution in [1.82, 2.24) is 4.90 Å². The number of nitrogens with zero attached hydrogens (tertiary/aromatic N) is 1. The Morgan fingerprint density at radius 1 is 0.900 bits per heavy atom. The van der Waals surface area contributed by atoms with Crippen molar-refractivity contribution in [3.63, 3.8) is 0 Å². The summed E-state index contributed by atoms with van der Waals surface area (Å²) in [6.07, 6.45) is 6.02. The van der Waals surface area contributed by atoms with Gasteiger partial charge in [-0.25, -0.2) is 4.79 Å². The SMILES string of the molecule is Cc1cc(=O)oc2c1ccc1oc(C(=O)c3cccc(OCCCCN4CCCCC4)c3)c(-c3ccccc3)c12. The number of carbonyl (C=O) groups excluding carboxylic acids is 1. The van der Waals surface area contributed by atoms with Gasteiger partial charge in [-0.1, -0.05) is 48.9 Å². The highest BCUT2D eigenvalue weighted by atomic mass is 16.5. The van der Waals surface area contributed by atoms with E-state index in [0.29, 0.717) is 40.0 Å². The Kier molecular flexibility index (Phi) is 7.51. The van der Waals surface area contributed by atoms with Gasteiger partial charge in [-0.05, 0) is 87.6 Å². The quantitative estimate of drug-likeness (QED) is 0.111. The standard InChI is InChI=1S/C34H33NO5/c1-23-21-29(36)40-33-27(23)15-16-28-31(33)30(24-11-4-2-5-12-24)34(39-28)32(37)25-13-10-14-26(22-25)38-20-9-8-19-35-17-6-3-7-18-35/h2,4-5,10-16,21-22H,3,6-9,17-20H2,1H3. The number of hydrogen-bond donors (Lipinski definition) is 0. The van der Waals surface area contributed by atoms with Gasteiger partial charge < -0.3 is 18.5 Å².